The van der Waals surface area contributed by atoms with Gasteiger partial charge < -0.3 is 10.3 Å². The van der Waals surface area contributed by atoms with Gasteiger partial charge in [-0.15, -0.1) is 0 Å². The first kappa shape index (κ1) is 20.9. The first-order valence-corrected chi connectivity index (χ1v) is 10.9. The Bertz CT molecular complexity index is 1230. The third-order valence-corrected chi connectivity index (χ3v) is 5.62. The van der Waals surface area contributed by atoms with Gasteiger partial charge in [0.05, 0.1) is 28.1 Å². The number of rotatable bonds is 8. The number of aromatic amines is 1. The molecule has 0 bridgehead atoms. The Kier molecular flexibility index (Phi) is 5.93. The molecule has 4 rings (SSSR count). The topological polar surface area (TPSA) is 84.7 Å². The Morgan fingerprint density at radius 3 is 2.32 bits per heavy atom. The molecule has 0 saturated heterocycles. The SMILES string of the molecule is CCCn1c(=O)n(CCC(=O)N[C@H](c2nc3ccccc3[nH]2)C(C)C)c2ccccc21. The maximum Gasteiger partial charge on any atom is 0.329 e. The van der Waals surface area contributed by atoms with Crippen molar-refractivity contribution in [3.05, 3.63) is 64.8 Å². The molecule has 0 spiro atoms. The molecule has 0 fully saturated rings. The maximum absolute atomic E-state index is 12.9. The van der Waals surface area contributed by atoms with Crippen molar-refractivity contribution in [2.24, 2.45) is 5.92 Å². The van der Waals surface area contributed by atoms with Crippen LogP contribution in [0.5, 0.6) is 0 Å². The highest BCUT2D eigenvalue weighted by Gasteiger charge is 2.22. The van der Waals surface area contributed by atoms with E-state index in [4.69, 9.17) is 0 Å². The van der Waals surface area contributed by atoms with Crippen LogP contribution in [-0.2, 0) is 17.9 Å². The molecule has 7 nitrogen and oxygen atoms in total. The van der Waals surface area contributed by atoms with Crippen molar-refractivity contribution in [2.75, 3.05) is 0 Å². The van der Waals surface area contributed by atoms with Gasteiger partial charge in [-0.25, -0.2) is 9.78 Å². The van der Waals surface area contributed by atoms with Gasteiger partial charge in [-0.1, -0.05) is 45.0 Å². The summed E-state index contributed by atoms with van der Waals surface area (Å²) in [7, 11) is 0. The molecule has 2 aromatic carbocycles. The standard InChI is InChI=1S/C24H29N5O2/c1-4-14-28-19-11-7-8-12-20(19)29(24(28)31)15-13-21(30)27-22(16(2)3)23-25-17-9-5-6-10-18(17)26-23/h5-12,16,22H,4,13-15H2,1-3H3,(H,25,26)(H,27,30)/t22-/m0/s1. The molecular weight excluding hydrogens is 390 g/mol. The largest absolute Gasteiger partial charge is 0.346 e. The van der Waals surface area contributed by atoms with Crippen molar-refractivity contribution in [3.8, 4) is 0 Å². The van der Waals surface area contributed by atoms with Crippen LogP contribution in [0.25, 0.3) is 22.1 Å². The molecule has 0 aliphatic rings. The van der Waals surface area contributed by atoms with Crippen LogP contribution in [0.4, 0.5) is 0 Å². The second kappa shape index (κ2) is 8.79. The lowest BCUT2D eigenvalue weighted by Crippen LogP contribution is -2.34. The van der Waals surface area contributed by atoms with E-state index in [1.807, 2.05) is 48.5 Å². The molecule has 0 aliphatic carbocycles. The number of para-hydroxylation sites is 4. The molecule has 0 saturated carbocycles. The van der Waals surface area contributed by atoms with Crippen LogP contribution in [-0.4, -0.2) is 25.0 Å². The van der Waals surface area contributed by atoms with Crippen molar-refractivity contribution < 1.29 is 4.79 Å². The Morgan fingerprint density at radius 1 is 1.03 bits per heavy atom. The van der Waals surface area contributed by atoms with E-state index in [0.717, 1.165) is 34.3 Å². The number of aryl methyl sites for hydroxylation is 2. The molecular formula is C24H29N5O2. The van der Waals surface area contributed by atoms with Gasteiger partial charge in [0.25, 0.3) is 0 Å². The minimum atomic E-state index is -0.224. The predicted molar refractivity (Wildman–Crippen MR) is 123 cm³/mol. The number of carbonyl (C=O) groups is 1. The van der Waals surface area contributed by atoms with E-state index < -0.39 is 0 Å². The zero-order chi connectivity index (χ0) is 22.0. The minimum Gasteiger partial charge on any atom is -0.346 e. The quantitative estimate of drug-likeness (QED) is 0.453. The highest BCUT2D eigenvalue weighted by molar-refractivity contribution is 5.79. The molecule has 2 N–H and O–H groups in total. The molecule has 7 heteroatoms. The summed E-state index contributed by atoms with van der Waals surface area (Å²) in [4.78, 5) is 33.7. The Labute approximate surface area is 181 Å². The lowest BCUT2D eigenvalue weighted by molar-refractivity contribution is -0.122. The Hall–Kier alpha value is -3.35. The predicted octanol–water partition coefficient (Wildman–Crippen LogP) is 3.99. The number of carbonyl (C=O) groups excluding carboxylic acids is 1. The van der Waals surface area contributed by atoms with Gasteiger partial charge in [-0.3, -0.25) is 13.9 Å². The molecule has 1 atom stereocenters. The van der Waals surface area contributed by atoms with E-state index in [-0.39, 0.29) is 30.0 Å². The third-order valence-electron chi connectivity index (χ3n) is 5.62. The van der Waals surface area contributed by atoms with E-state index in [0.29, 0.717) is 13.1 Å². The normalized spacial score (nSPS) is 12.6. The molecule has 0 unspecified atom stereocenters. The molecule has 0 radical (unpaired) electrons. The summed E-state index contributed by atoms with van der Waals surface area (Å²) in [6, 6.07) is 15.4. The number of nitrogens with one attached hydrogen (secondary N) is 2. The van der Waals surface area contributed by atoms with Crippen LogP contribution in [0.1, 0.15) is 45.5 Å². The van der Waals surface area contributed by atoms with Gasteiger partial charge in [-0.2, -0.15) is 0 Å². The fourth-order valence-electron chi connectivity index (χ4n) is 4.06. The van der Waals surface area contributed by atoms with Gasteiger partial charge in [0.2, 0.25) is 5.91 Å². The maximum atomic E-state index is 12.9. The van der Waals surface area contributed by atoms with E-state index in [1.54, 1.807) is 9.13 Å². The molecule has 4 aromatic rings. The van der Waals surface area contributed by atoms with Crippen molar-refractivity contribution in [3.63, 3.8) is 0 Å². The van der Waals surface area contributed by atoms with Crippen LogP contribution < -0.4 is 11.0 Å². The van der Waals surface area contributed by atoms with Crippen LogP contribution in [0.2, 0.25) is 0 Å². The van der Waals surface area contributed by atoms with E-state index in [1.165, 1.54) is 0 Å². The minimum absolute atomic E-state index is 0.0615. The molecule has 1 amide bonds. The Morgan fingerprint density at radius 2 is 1.68 bits per heavy atom. The van der Waals surface area contributed by atoms with Crippen molar-refractivity contribution >= 4 is 28.0 Å². The van der Waals surface area contributed by atoms with E-state index >= 15 is 0 Å². The second-order valence-electron chi connectivity index (χ2n) is 8.25. The van der Waals surface area contributed by atoms with Crippen LogP contribution in [0.3, 0.4) is 0 Å². The molecule has 2 aromatic heterocycles. The second-order valence-corrected chi connectivity index (χ2v) is 8.25. The monoisotopic (exact) mass is 419 g/mol. The first-order chi connectivity index (χ1) is 15.0. The number of amides is 1. The van der Waals surface area contributed by atoms with Gasteiger partial charge in [-0.05, 0) is 36.6 Å². The number of hydrogen-bond acceptors (Lipinski definition) is 3. The first-order valence-electron chi connectivity index (χ1n) is 10.9. The zero-order valence-corrected chi connectivity index (χ0v) is 18.3. The summed E-state index contributed by atoms with van der Waals surface area (Å²) in [6.45, 7) is 7.17. The summed E-state index contributed by atoms with van der Waals surface area (Å²) in [5.41, 5.74) is 3.55. The molecule has 2 heterocycles. The molecule has 31 heavy (non-hydrogen) atoms. The van der Waals surface area contributed by atoms with Crippen LogP contribution in [0, 0.1) is 5.92 Å². The molecule has 162 valence electrons. The summed E-state index contributed by atoms with van der Waals surface area (Å²) < 4.78 is 3.49. The van der Waals surface area contributed by atoms with Gasteiger partial charge >= 0.3 is 5.69 Å². The highest BCUT2D eigenvalue weighted by atomic mass is 16.2. The van der Waals surface area contributed by atoms with Gasteiger partial charge in [0.1, 0.15) is 5.82 Å². The number of aromatic nitrogens is 4. The zero-order valence-electron chi connectivity index (χ0n) is 18.3. The lowest BCUT2D eigenvalue weighted by atomic mass is 10.0. The average Bonchev–Trinajstić information content (AvgIpc) is 3.30. The fraction of sp³-hybridized carbons (Fsp3) is 0.375. The van der Waals surface area contributed by atoms with E-state index in [9.17, 15) is 9.59 Å². The van der Waals surface area contributed by atoms with Crippen LogP contribution in [0.15, 0.2) is 53.3 Å². The smallest absolute Gasteiger partial charge is 0.329 e. The summed E-state index contributed by atoms with van der Waals surface area (Å²) >= 11 is 0. The summed E-state index contributed by atoms with van der Waals surface area (Å²) in [6.07, 6.45) is 1.10. The number of benzene rings is 2. The summed E-state index contributed by atoms with van der Waals surface area (Å²) in [5.74, 6) is 0.818. The van der Waals surface area contributed by atoms with Crippen molar-refractivity contribution in [1.29, 1.82) is 0 Å². The molecule has 0 aliphatic heterocycles. The van der Waals surface area contributed by atoms with Crippen LogP contribution >= 0.6 is 0 Å². The van der Waals surface area contributed by atoms with Gasteiger partial charge in [0, 0.05) is 19.5 Å². The lowest BCUT2D eigenvalue weighted by Gasteiger charge is -2.20. The van der Waals surface area contributed by atoms with Gasteiger partial charge in [0.15, 0.2) is 0 Å². The van der Waals surface area contributed by atoms with Crippen molar-refractivity contribution in [1.82, 2.24) is 24.4 Å². The number of hydrogen-bond donors (Lipinski definition) is 2. The third kappa shape index (κ3) is 4.13. The number of nitrogens with zero attached hydrogens (tertiary/aromatic N) is 3. The number of H-pyrrole nitrogens is 1. The fourth-order valence-corrected chi connectivity index (χ4v) is 4.06. The number of fused-ring (bicyclic) bond motifs is 2. The number of imidazole rings is 2. The Balaban J connectivity index is 1.52. The van der Waals surface area contributed by atoms with Crippen molar-refractivity contribution in [2.45, 2.75) is 52.7 Å². The highest BCUT2D eigenvalue weighted by Crippen LogP contribution is 2.22. The van der Waals surface area contributed by atoms with E-state index in [2.05, 4.69) is 36.1 Å². The summed E-state index contributed by atoms with van der Waals surface area (Å²) in [5, 5.41) is 3.11. The average molecular weight is 420 g/mol.